The topological polar surface area (TPSA) is 57.6 Å². The number of likely N-dealkylation sites (N-methyl/N-ethyl adjacent to an activating group) is 1. The Balaban J connectivity index is 1.20. The van der Waals surface area contributed by atoms with Gasteiger partial charge in [-0.3, -0.25) is 14.5 Å². The molecule has 0 spiro atoms. The number of carbonyl (C=O) groups excluding carboxylic acids is 2. The van der Waals surface area contributed by atoms with Gasteiger partial charge >= 0.3 is 0 Å². The van der Waals surface area contributed by atoms with E-state index in [2.05, 4.69) is 64.3 Å². The zero-order valence-electron chi connectivity index (χ0n) is 23.6. The van der Waals surface area contributed by atoms with Gasteiger partial charge in [-0.25, -0.2) is 0 Å². The van der Waals surface area contributed by atoms with Crippen LogP contribution >= 0.6 is 0 Å². The molecule has 3 aromatic carbocycles. The summed E-state index contributed by atoms with van der Waals surface area (Å²) in [6.07, 6.45) is 4.22. The van der Waals surface area contributed by atoms with E-state index in [1.54, 1.807) is 4.90 Å². The van der Waals surface area contributed by atoms with Crippen molar-refractivity contribution in [3.8, 4) is 0 Å². The largest absolute Gasteiger partial charge is 0.355 e. The van der Waals surface area contributed by atoms with Crippen LogP contribution in [-0.2, 0) is 18.4 Å². The van der Waals surface area contributed by atoms with Crippen LogP contribution in [-0.4, -0.2) is 52.9 Å². The van der Waals surface area contributed by atoms with Crippen molar-refractivity contribution in [1.82, 2.24) is 19.7 Å². The summed E-state index contributed by atoms with van der Waals surface area (Å²) in [6.45, 7) is 5.86. The minimum Gasteiger partial charge on any atom is -0.355 e. The summed E-state index contributed by atoms with van der Waals surface area (Å²) in [6, 6.07) is 24.2. The molecular weight excluding hydrogens is 496 g/mol. The molecule has 1 aromatic heterocycles. The third-order valence-corrected chi connectivity index (χ3v) is 8.87. The monoisotopic (exact) mass is 534 g/mol. The van der Waals surface area contributed by atoms with E-state index in [0.717, 1.165) is 54.5 Å². The molecule has 2 unspecified atom stereocenters. The van der Waals surface area contributed by atoms with E-state index >= 15 is 0 Å². The van der Waals surface area contributed by atoms with Crippen molar-refractivity contribution in [3.05, 3.63) is 107 Å². The fraction of sp³-hybridized carbons (Fsp3) is 0.353. The van der Waals surface area contributed by atoms with Gasteiger partial charge in [-0.2, -0.15) is 0 Å². The van der Waals surface area contributed by atoms with E-state index in [-0.39, 0.29) is 17.9 Å². The smallest absolute Gasteiger partial charge is 0.254 e. The lowest BCUT2D eigenvalue weighted by atomic mass is 9.79. The zero-order chi connectivity index (χ0) is 27.8. The lowest BCUT2D eigenvalue weighted by Crippen LogP contribution is -2.47. The number of carbonyl (C=O) groups is 2. The first-order chi connectivity index (χ1) is 19.4. The normalized spacial score (nSPS) is 20.1. The molecule has 0 bridgehead atoms. The van der Waals surface area contributed by atoms with Gasteiger partial charge in [-0.05, 0) is 62.0 Å². The van der Waals surface area contributed by atoms with Gasteiger partial charge in [0.15, 0.2) is 0 Å². The molecule has 0 aliphatic carbocycles. The Kier molecular flexibility index (Phi) is 7.20. The third-order valence-electron chi connectivity index (χ3n) is 8.87. The number of para-hydroxylation sites is 1. The van der Waals surface area contributed by atoms with Crippen LogP contribution < -0.4 is 5.32 Å². The van der Waals surface area contributed by atoms with Crippen molar-refractivity contribution in [3.63, 3.8) is 0 Å². The Hall–Kier alpha value is -3.90. The molecule has 1 fully saturated rings. The summed E-state index contributed by atoms with van der Waals surface area (Å²) in [5.41, 5.74) is 6.19. The van der Waals surface area contributed by atoms with Crippen molar-refractivity contribution in [1.29, 1.82) is 0 Å². The Bertz CT molecular complexity index is 1550. The van der Waals surface area contributed by atoms with Crippen molar-refractivity contribution in [2.24, 2.45) is 13.0 Å². The van der Waals surface area contributed by atoms with Crippen LogP contribution in [0.25, 0.3) is 10.9 Å². The highest BCUT2D eigenvalue weighted by Crippen LogP contribution is 2.44. The fourth-order valence-corrected chi connectivity index (χ4v) is 6.73. The molecule has 6 rings (SSSR count). The summed E-state index contributed by atoms with van der Waals surface area (Å²) in [7, 11) is 3.85. The number of aromatic nitrogens is 1. The van der Waals surface area contributed by atoms with E-state index in [9.17, 15) is 9.59 Å². The maximum atomic E-state index is 14.1. The first-order valence-corrected chi connectivity index (χ1v) is 14.4. The predicted molar refractivity (Wildman–Crippen MR) is 159 cm³/mol. The molecule has 2 aliphatic heterocycles. The standard InChI is InChI=1S/C34H38N4O2/c1-23-9-8-10-25(19-23)21-38-17-15-24(16-18-38)20-35-33(39)31-27-12-4-5-13-28(27)34(40)37(3)32(31)29-22-36(2)30-14-7-6-11-26(29)30/h4-14,19,22,24,31-32H,15-18,20-21H2,1-3H3,(H,35,39). The lowest BCUT2D eigenvalue weighted by molar-refractivity contribution is -0.124. The molecule has 0 radical (unpaired) electrons. The van der Waals surface area contributed by atoms with E-state index < -0.39 is 5.92 Å². The minimum absolute atomic E-state index is 0.00748. The van der Waals surface area contributed by atoms with Gasteiger partial charge in [0, 0.05) is 55.4 Å². The van der Waals surface area contributed by atoms with Gasteiger partial charge in [0.25, 0.3) is 5.91 Å². The van der Waals surface area contributed by atoms with Gasteiger partial charge in [0.05, 0.1) is 12.0 Å². The Morgan fingerprint density at radius 3 is 2.48 bits per heavy atom. The molecule has 3 heterocycles. The number of benzene rings is 3. The number of amides is 2. The Morgan fingerprint density at radius 2 is 1.68 bits per heavy atom. The summed E-state index contributed by atoms with van der Waals surface area (Å²) in [5, 5.41) is 4.40. The Morgan fingerprint density at radius 1 is 0.925 bits per heavy atom. The van der Waals surface area contributed by atoms with Crippen molar-refractivity contribution < 1.29 is 9.59 Å². The highest BCUT2D eigenvalue weighted by atomic mass is 16.2. The van der Waals surface area contributed by atoms with Gasteiger partial charge in [-0.15, -0.1) is 0 Å². The summed E-state index contributed by atoms with van der Waals surface area (Å²) >= 11 is 0. The van der Waals surface area contributed by atoms with Gasteiger partial charge in [-0.1, -0.05) is 66.2 Å². The number of piperidine rings is 1. The summed E-state index contributed by atoms with van der Waals surface area (Å²) < 4.78 is 2.09. The molecule has 1 N–H and O–H groups in total. The molecule has 6 nitrogen and oxygen atoms in total. The van der Waals surface area contributed by atoms with Crippen LogP contribution in [0.3, 0.4) is 0 Å². The predicted octanol–water partition coefficient (Wildman–Crippen LogP) is 5.43. The molecule has 2 amide bonds. The summed E-state index contributed by atoms with van der Waals surface area (Å²) in [4.78, 5) is 31.8. The quantitative estimate of drug-likeness (QED) is 0.359. The number of hydrogen-bond donors (Lipinski definition) is 1. The fourth-order valence-electron chi connectivity index (χ4n) is 6.73. The third kappa shape index (κ3) is 4.92. The van der Waals surface area contributed by atoms with E-state index in [1.807, 2.05) is 50.5 Å². The number of aryl methyl sites for hydroxylation is 2. The molecule has 4 aromatic rings. The maximum absolute atomic E-state index is 14.1. The SMILES string of the molecule is Cc1cccc(CN2CCC(CNC(=O)C3c4ccccc4C(=O)N(C)C3c3cn(C)c4ccccc34)CC2)c1. The number of nitrogens with zero attached hydrogens (tertiary/aromatic N) is 3. The first-order valence-electron chi connectivity index (χ1n) is 14.4. The molecule has 2 atom stereocenters. The number of fused-ring (bicyclic) bond motifs is 2. The second-order valence-corrected chi connectivity index (χ2v) is 11.6. The highest BCUT2D eigenvalue weighted by molar-refractivity contribution is 6.02. The molecule has 206 valence electrons. The molecule has 0 saturated carbocycles. The van der Waals surface area contributed by atoms with Crippen molar-refractivity contribution in [2.45, 2.75) is 38.3 Å². The lowest BCUT2D eigenvalue weighted by Gasteiger charge is -2.40. The molecule has 6 heteroatoms. The van der Waals surface area contributed by atoms with Crippen LogP contribution in [0.1, 0.15) is 57.4 Å². The Labute approximate surface area is 236 Å². The second kappa shape index (κ2) is 10.9. The number of rotatable bonds is 6. The average molecular weight is 535 g/mol. The molecule has 2 aliphatic rings. The molecule has 40 heavy (non-hydrogen) atoms. The number of nitrogens with one attached hydrogen (secondary N) is 1. The average Bonchev–Trinajstić information content (AvgIpc) is 3.30. The van der Waals surface area contributed by atoms with Crippen molar-refractivity contribution in [2.75, 3.05) is 26.7 Å². The first kappa shape index (κ1) is 26.3. The van der Waals surface area contributed by atoms with Crippen molar-refractivity contribution >= 4 is 22.7 Å². The van der Waals surface area contributed by atoms with Crippen LogP contribution in [0.15, 0.2) is 79.0 Å². The zero-order valence-corrected chi connectivity index (χ0v) is 23.6. The van der Waals surface area contributed by atoms with Gasteiger partial charge in [0.2, 0.25) is 5.91 Å². The van der Waals surface area contributed by atoms with Crippen LogP contribution in [0.5, 0.6) is 0 Å². The second-order valence-electron chi connectivity index (χ2n) is 11.6. The van der Waals surface area contributed by atoms with Gasteiger partial charge < -0.3 is 14.8 Å². The van der Waals surface area contributed by atoms with Crippen LogP contribution in [0.4, 0.5) is 0 Å². The van der Waals surface area contributed by atoms with E-state index in [4.69, 9.17) is 0 Å². The van der Waals surface area contributed by atoms with E-state index in [1.165, 1.54) is 11.1 Å². The molecular formula is C34H38N4O2. The highest BCUT2D eigenvalue weighted by Gasteiger charge is 2.43. The van der Waals surface area contributed by atoms with E-state index in [0.29, 0.717) is 18.0 Å². The maximum Gasteiger partial charge on any atom is 0.254 e. The minimum atomic E-state index is -0.480. The number of hydrogen-bond acceptors (Lipinski definition) is 3. The van der Waals surface area contributed by atoms with Crippen LogP contribution in [0, 0.1) is 12.8 Å². The number of likely N-dealkylation sites (tertiary alicyclic amines) is 1. The summed E-state index contributed by atoms with van der Waals surface area (Å²) in [5.74, 6) is -0.0801. The molecule has 1 saturated heterocycles. The van der Waals surface area contributed by atoms with Crippen LogP contribution in [0.2, 0.25) is 0 Å². The van der Waals surface area contributed by atoms with Gasteiger partial charge in [0.1, 0.15) is 0 Å².